The number of carbonyl (C=O) groups is 1. The molecule has 3 rings (SSSR count). The zero-order valence-corrected chi connectivity index (χ0v) is 14.0. The molecule has 5 nitrogen and oxygen atoms in total. The van der Waals surface area contributed by atoms with Crippen LogP contribution in [0, 0.1) is 0 Å². The van der Waals surface area contributed by atoms with Crippen LogP contribution in [-0.4, -0.2) is 15.9 Å². The SMILES string of the molecule is O=C(Nc1ccc(C(F)(F)F)cc1)c1ccc(NCc2cccnc2)cn1. The fraction of sp³-hybridized carbons (Fsp3) is 0.105. The lowest BCUT2D eigenvalue weighted by molar-refractivity contribution is -0.137. The molecule has 0 saturated heterocycles. The largest absolute Gasteiger partial charge is 0.416 e. The van der Waals surface area contributed by atoms with Crippen LogP contribution in [0.25, 0.3) is 0 Å². The summed E-state index contributed by atoms with van der Waals surface area (Å²) in [7, 11) is 0. The molecule has 2 aromatic heterocycles. The van der Waals surface area contributed by atoms with Gasteiger partial charge in [0.25, 0.3) is 5.91 Å². The quantitative estimate of drug-likeness (QED) is 0.698. The average Bonchev–Trinajstić information content (AvgIpc) is 2.67. The summed E-state index contributed by atoms with van der Waals surface area (Å²) in [6.45, 7) is 0.562. The minimum Gasteiger partial charge on any atom is -0.380 e. The number of nitrogens with one attached hydrogen (secondary N) is 2. The number of halogens is 3. The van der Waals surface area contributed by atoms with Gasteiger partial charge in [-0.05, 0) is 48.0 Å². The third-order valence-corrected chi connectivity index (χ3v) is 3.69. The number of rotatable bonds is 5. The van der Waals surface area contributed by atoms with Crippen LogP contribution < -0.4 is 10.6 Å². The van der Waals surface area contributed by atoms with Gasteiger partial charge in [0.1, 0.15) is 5.69 Å². The summed E-state index contributed by atoms with van der Waals surface area (Å²) in [6.07, 6.45) is 0.530. The third-order valence-electron chi connectivity index (χ3n) is 3.69. The first-order valence-corrected chi connectivity index (χ1v) is 7.99. The lowest BCUT2D eigenvalue weighted by Crippen LogP contribution is -2.14. The molecule has 1 aromatic carbocycles. The third kappa shape index (κ3) is 5.04. The average molecular weight is 372 g/mol. The van der Waals surface area contributed by atoms with E-state index in [9.17, 15) is 18.0 Å². The Balaban J connectivity index is 1.58. The number of nitrogens with zero attached hydrogens (tertiary/aromatic N) is 2. The lowest BCUT2D eigenvalue weighted by atomic mass is 10.2. The molecule has 0 unspecified atom stereocenters. The smallest absolute Gasteiger partial charge is 0.380 e. The molecular weight excluding hydrogens is 357 g/mol. The van der Waals surface area contributed by atoms with Gasteiger partial charge in [-0.3, -0.25) is 9.78 Å². The van der Waals surface area contributed by atoms with Crippen molar-refractivity contribution in [1.29, 1.82) is 0 Å². The van der Waals surface area contributed by atoms with Crippen LogP contribution in [0.4, 0.5) is 24.5 Å². The van der Waals surface area contributed by atoms with E-state index in [-0.39, 0.29) is 11.4 Å². The maximum atomic E-state index is 12.5. The molecule has 0 fully saturated rings. The van der Waals surface area contributed by atoms with Crippen molar-refractivity contribution in [3.8, 4) is 0 Å². The van der Waals surface area contributed by atoms with E-state index in [0.717, 1.165) is 23.4 Å². The topological polar surface area (TPSA) is 66.9 Å². The first kappa shape index (κ1) is 18.4. The highest BCUT2D eigenvalue weighted by molar-refractivity contribution is 6.02. The van der Waals surface area contributed by atoms with E-state index in [1.165, 1.54) is 24.4 Å². The monoisotopic (exact) mass is 372 g/mol. The first-order valence-electron chi connectivity index (χ1n) is 7.99. The van der Waals surface area contributed by atoms with E-state index in [1.54, 1.807) is 18.5 Å². The van der Waals surface area contributed by atoms with Gasteiger partial charge >= 0.3 is 6.18 Å². The summed E-state index contributed by atoms with van der Waals surface area (Å²) in [6, 6.07) is 11.2. The summed E-state index contributed by atoms with van der Waals surface area (Å²) in [5.41, 5.74) is 1.37. The van der Waals surface area contributed by atoms with Crippen LogP contribution in [-0.2, 0) is 12.7 Å². The number of hydrogen-bond acceptors (Lipinski definition) is 4. The van der Waals surface area contributed by atoms with Gasteiger partial charge < -0.3 is 10.6 Å². The number of pyridine rings is 2. The fourth-order valence-electron chi connectivity index (χ4n) is 2.28. The normalized spacial score (nSPS) is 11.1. The van der Waals surface area contributed by atoms with E-state index in [4.69, 9.17) is 0 Å². The zero-order valence-electron chi connectivity index (χ0n) is 14.0. The van der Waals surface area contributed by atoms with Crippen LogP contribution in [0.5, 0.6) is 0 Å². The molecule has 2 N–H and O–H groups in total. The number of amides is 1. The second-order valence-corrected chi connectivity index (χ2v) is 5.68. The number of benzene rings is 1. The number of alkyl halides is 3. The predicted molar refractivity (Wildman–Crippen MR) is 95.2 cm³/mol. The molecule has 8 heteroatoms. The van der Waals surface area contributed by atoms with Gasteiger partial charge in [-0.1, -0.05) is 6.07 Å². The Labute approximate surface area is 153 Å². The van der Waals surface area contributed by atoms with Gasteiger partial charge in [-0.25, -0.2) is 4.98 Å². The van der Waals surface area contributed by atoms with Gasteiger partial charge in [0.05, 0.1) is 17.4 Å². The van der Waals surface area contributed by atoms with E-state index in [1.807, 2.05) is 12.1 Å². The van der Waals surface area contributed by atoms with Gasteiger partial charge in [0, 0.05) is 24.6 Å². The van der Waals surface area contributed by atoms with E-state index >= 15 is 0 Å². The van der Waals surface area contributed by atoms with Crippen molar-refractivity contribution >= 4 is 17.3 Å². The first-order chi connectivity index (χ1) is 12.9. The van der Waals surface area contributed by atoms with Crippen molar-refractivity contribution < 1.29 is 18.0 Å². The Kier molecular flexibility index (Phi) is 5.35. The Morgan fingerprint density at radius 3 is 2.30 bits per heavy atom. The van der Waals surface area contributed by atoms with Crippen LogP contribution in [0.3, 0.4) is 0 Å². The molecule has 0 radical (unpaired) electrons. The molecule has 27 heavy (non-hydrogen) atoms. The predicted octanol–water partition coefficient (Wildman–Crippen LogP) is 4.36. The molecule has 3 aromatic rings. The minimum absolute atomic E-state index is 0.154. The van der Waals surface area contributed by atoms with Gasteiger partial charge in [-0.15, -0.1) is 0 Å². The molecular formula is C19H15F3N4O. The maximum absolute atomic E-state index is 12.5. The minimum atomic E-state index is -4.41. The number of anilines is 2. The molecule has 0 aliphatic carbocycles. The summed E-state index contributed by atoms with van der Waals surface area (Å²) >= 11 is 0. The van der Waals surface area contributed by atoms with Gasteiger partial charge in [-0.2, -0.15) is 13.2 Å². The summed E-state index contributed by atoms with van der Waals surface area (Å²) in [5, 5.41) is 5.67. The van der Waals surface area contributed by atoms with Crippen molar-refractivity contribution in [3.63, 3.8) is 0 Å². The molecule has 0 aliphatic heterocycles. The second-order valence-electron chi connectivity index (χ2n) is 5.68. The summed E-state index contributed by atoms with van der Waals surface area (Å²) < 4.78 is 37.6. The molecule has 0 aliphatic rings. The highest BCUT2D eigenvalue weighted by atomic mass is 19.4. The highest BCUT2D eigenvalue weighted by Crippen LogP contribution is 2.29. The Morgan fingerprint density at radius 2 is 1.70 bits per heavy atom. The Hall–Kier alpha value is -3.42. The van der Waals surface area contributed by atoms with Crippen molar-refractivity contribution in [2.24, 2.45) is 0 Å². The van der Waals surface area contributed by atoms with E-state index in [0.29, 0.717) is 6.54 Å². The Morgan fingerprint density at radius 1 is 0.963 bits per heavy atom. The molecule has 1 amide bonds. The molecule has 0 spiro atoms. The summed E-state index contributed by atoms with van der Waals surface area (Å²) in [5.74, 6) is -0.506. The highest BCUT2D eigenvalue weighted by Gasteiger charge is 2.30. The number of carbonyl (C=O) groups excluding carboxylic acids is 1. The van der Waals surface area contributed by atoms with Crippen LogP contribution in [0.2, 0.25) is 0 Å². The fourth-order valence-corrected chi connectivity index (χ4v) is 2.28. The molecule has 0 bridgehead atoms. The number of hydrogen-bond donors (Lipinski definition) is 2. The second kappa shape index (κ2) is 7.86. The van der Waals surface area contributed by atoms with Crippen molar-refractivity contribution in [2.45, 2.75) is 12.7 Å². The van der Waals surface area contributed by atoms with Crippen molar-refractivity contribution in [3.05, 3.63) is 83.9 Å². The van der Waals surface area contributed by atoms with Crippen LogP contribution in [0.1, 0.15) is 21.6 Å². The van der Waals surface area contributed by atoms with Crippen molar-refractivity contribution in [2.75, 3.05) is 10.6 Å². The van der Waals surface area contributed by atoms with Gasteiger partial charge in [0.15, 0.2) is 0 Å². The lowest BCUT2D eigenvalue weighted by Gasteiger charge is -2.09. The number of aromatic nitrogens is 2. The van der Waals surface area contributed by atoms with Gasteiger partial charge in [0.2, 0.25) is 0 Å². The van der Waals surface area contributed by atoms with E-state index < -0.39 is 17.6 Å². The standard InChI is InChI=1S/C19H15F3N4O/c20-19(21,22)14-3-5-15(6-4-14)26-18(27)17-8-7-16(12-25-17)24-11-13-2-1-9-23-10-13/h1-10,12,24H,11H2,(H,26,27). The Bertz CT molecular complexity index is 895. The maximum Gasteiger partial charge on any atom is 0.416 e. The molecule has 0 atom stereocenters. The molecule has 2 heterocycles. The zero-order chi connectivity index (χ0) is 19.3. The van der Waals surface area contributed by atoms with Crippen LogP contribution in [0.15, 0.2) is 67.1 Å². The van der Waals surface area contributed by atoms with E-state index in [2.05, 4.69) is 20.6 Å². The molecule has 0 saturated carbocycles. The van der Waals surface area contributed by atoms with Crippen molar-refractivity contribution in [1.82, 2.24) is 9.97 Å². The molecule has 138 valence electrons. The van der Waals surface area contributed by atoms with Crippen LogP contribution >= 0.6 is 0 Å². The summed E-state index contributed by atoms with van der Waals surface area (Å²) in [4.78, 5) is 20.3.